The molecule has 3 aromatic heterocycles. The third kappa shape index (κ3) is 4.23. The van der Waals surface area contributed by atoms with E-state index < -0.39 is 23.4 Å². The van der Waals surface area contributed by atoms with Gasteiger partial charge in [0.2, 0.25) is 5.76 Å². The summed E-state index contributed by atoms with van der Waals surface area (Å²) >= 11 is 0. The first-order chi connectivity index (χ1) is 16.2. The number of aromatic nitrogens is 4. The maximum Gasteiger partial charge on any atom is 0.420 e. The molecule has 0 saturated carbocycles. The number of halogens is 3. The number of hydrogen-bond acceptors (Lipinski definition) is 6. The van der Waals surface area contributed by atoms with E-state index in [0.29, 0.717) is 37.6 Å². The molecule has 34 heavy (non-hydrogen) atoms. The number of hydrogen-bond donors (Lipinski definition) is 1. The molecule has 0 spiro atoms. The second-order valence-corrected chi connectivity index (χ2v) is 8.59. The van der Waals surface area contributed by atoms with Crippen molar-refractivity contribution in [1.29, 1.82) is 0 Å². The monoisotopic (exact) mass is 479 g/mol. The van der Waals surface area contributed by atoms with Gasteiger partial charge < -0.3 is 19.2 Å². The Morgan fingerprint density at radius 1 is 1.29 bits per heavy atom. The van der Waals surface area contributed by atoms with Crippen LogP contribution in [0.2, 0.25) is 0 Å². The first-order valence-electron chi connectivity index (χ1n) is 11.0. The molecule has 3 aromatic rings. The Kier molecular flexibility index (Phi) is 5.72. The molecule has 0 unspecified atom stereocenters. The van der Waals surface area contributed by atoms with Crippen molar-refractivity contribution in [2.45, 2.75) is 44.6 Å². The molecule has 1 N–H and O–H groups in total. The van der Waals surface area contributed by atoms with Gasteiger partial charge in [0.1, 0.15) is 17.4 Å². The number of nitrogens with zero attached hydrogens (tertiary/aromatic N) is 4. The molecule has 12 heteroatoms. The zero-order valence-electron chi connectivity index (χ0n) is 18.7. The third-order valence-corrected chi connectivity index (χ3v) is 5.99. The van der Waals surface area contributed by atoms with Crippen LogP contribution in [0.3, 0.4) is 0 Å². The summed E-state index contributed by atoms with van der Waals surface area (Å²) in [5.41, 5.74) is 0.116. The van der Waals surface area contributed by atoms with Gasteiger partial charge in [-0.05, 0) is 12.0 Å². The summed E-state index contributed by atoms with van der Waals surface area (Å²) in [5.74, 6) is -1.73. The highest BCUT2D eigenvalue weighted by Crippen LogP contribution is 2.48. The normalized spacial score (nSPS) is 20.1. The van der Waals surface area contributed by atoms with Crippen LogP contribution in [0.4, 0.5) is 13.2 Å². The molecule has 0 aromatic carbocycles. The fraction of sp³-hybridized carbons (Fsp3) is 0.500. The van der Waals surface area contributed by atoms with Gasteiger partial charge in [0.15, 0.2) is 0 Å². The number of carbonyl (C=O) groups excluding carboxylic acids is 1. The number of nitrogens with one attached hydrogen (secondary N) is 1. The van der Waals surface area contributed by atoms with Gasteiger partial charge in [0.05, 0.1) is 49.9 Å². The minimum atomic E-state index is -4.81. The molecule has 5 rings (SSSR count). The zero-order valence-corrected chi connectivity index (χ0v) is 18.7. The fourth-order valence-electron chi connectivity index (χ4n) is 4.44. The summed E-state index contributed by atoms with van der Waals surface area (Å²) < 4.78 is 62.4. The molecule has 0 bridgehead atoms. The second kappa shape index (κ2) is 8.58. The first-order valence-corrected chi connectivity index (χ1v) is 11.0. The largest absolute Gasteiger partial charge is 0.455 e. The minimum absolute atomic E-state index is 0.0257. The maximum absolute atomic E-state index is 14.2. The van der Waals surface area contributed by atoms with E-state index in [1.807, 2.05) is 6.92 Å². The second-order valence-electron chi connectivity index (χ2n) is 8.59. The Labute approximate surface area is 192 Å². The van der Waals surface area contributed by atoms with Crippen LogP contribution in [0.5, 0.6) is 0 Å². The van der Waals surface area contributed by atoms with Crippen molar-refractivity contribution in [3.8, 4) is 11.3 Å². The van der Waals surface area contributed by atoms with Crippen LogP contribution in [0.25, 0.3) is 11.3 Å². The van der Waals surface area contributed by atoms with Gasteiger partial charge in [-0.15, -0.1) is 0 Å². The standard InChI is InChI=1S/C22H24F3N5O4/c1-12-7-16-17(19-15(12)10-30(28-19)9-14-11-32-5-6-33-14)18(22(23,24)25)20(34-16)21(31)26-8-13-3-4-29(2)27-13/h3-4,10,12,14H,5-9,11H2,1-2H3,(H,26,31)/t12-,14+/m1/s1. The lowest BCUT2D eigenvalue weighted by Gasteiger charge is -2.22. The molecule has 4 heterocycles. The van der Waals surface area contributed by atoms with E-state index in [0.717, 1.165) is 0 Å². The highest BCUT2D eigenvalue weighted by molar-refractivity contribution is 5.96. The molecule has 1 amide bonds. The van der Waals surface area contributed by atoms with Crippen molar-refractivity contribution in [3.05, 3.63) is 46.8 Å². The number of aryl methyl sites for hydroxylation is 1. The summed E-state index contributed by atoms with van der Waals surface area (Å²) in [4.78, 5) is 12.8. The quantitative estimate of drug-likeness (QED) is 0.605. The van der Waals surface area contributed by atoms with Gasteiger partial charge in [-0.2, -0.15) is 23.4 Å². The van der Waals surface area contributed by atoms with Gasteiger partial charge in [0.25, 0.3) is 5.91 Å². The Morgan fingerprint density at radius 2 is 2.12 bits per heavy atom. The van der Waals surface area contributed by atoms with Crippen LogP contribution >= 0.6 is 0 Å². The highest BCUT2D eigenvalue weighted by atomic mass is 19.4. The number of carbonyl (C=O) groups is 1. The third-order valence-electron chi connectivity index (χ3n) is 5.99. The van der Waals surface area contributed by atoms with E-state index in [-0.39, 0.29) is 42.0 Å². The van der Waals surface area contributed by atoms with Crippen LogP contribution in [-0.4, -0.2) is 51.4 Å². The van der Waals surface area contributed by atoms with Gasteiger partial charge in [0, 0.05) is 31.4 Å². The van der Waals surface area contributed by atoms with E-state index in [2.05, 4.69) is 15.5 Å². The van der Waals surface area contributed by atoms with Crippen LogP contribution in [-0.2, 0) is 42.2 Å². The van der Waals surface area contributed by atoms with Crippen molar-refractivity contribution in [3.63, 3.8) is 0 Å². The predicted molar refractivity (Wildman–Crippen MR) is 112 cm³/mol. The van der Waals surface area contributed by atoms with Gasteiger partial charge in [-0.1, -0.05) is 6.92 Å². The average Bonchev–Trinajstić information content (AvgIpc) is 3.49. The maximum atomic E-state index is 14.2. The lowest BCUT2D eigenvalue weighted by molar-refractivity contribution is -0.137. The zero-order chi connectivity index (χ0) is 24.0. The summed E-state index contributed by atoms with van der Waals surface area (Å²) in [6, 6.07) is 1.67. The lowest BCUT2D eigenvalue weighted by Crippen LogP contribution is -2.32. The lowest BCUT2D eigenvalue weighted by atomic mass is 9.86. The molecule has 9 nitrogen and oxygen atoms in total. The van der Waals surface area contributed by atoms with Gasteiger partial charge in [-0.3, -0.25) is 14.2 Å². The summed E-state index contributed by atoms with van der Waals surface area (Å²) in [6.07, 6.45) is -1.39. The Morgan fingerprint density at radius 3 is 2.79 bits per heavy atom. The molecule has 1 saturated heterocycles. The van der Waals surface area contributed by atoms with Crippen molar-refractivity contribution in [2.24, 2.45) is 7.05 Å². The minimum Gasteiger partial charge on any atom is -0.455 e. The molecule has 182 valence electrons. The molecule has 2 atom stereocenters. The predicted octanol–water partition coefficient (Wildman–Crippen LogP) is 2.90. The highest BCUT2D eigenvalue weighted by Gasteiger charge is 2.46. The van der Waals surface area contributed by atoms with Crippen molar-refractivity contribution >= 4 is 5.91 Å². The molecular formula is C22H24F3N5O4. The van der Waals surface area contributed by atoms with E-state index in [9.17, 15) is 18.0 Å². The molecule has 2 aliphatic rings. The van der Waals surface area contributed by atoms with E-state index in [1.54, 1.807) is 30.2 Å². The summed E-state index contributed by atoms with van der Waals surface area (Å²) in [7, 11) is 1.71. The number of amides is 1. The van der Waals surface area contributed by atoms with E-state index in [1.165, 1.54) is 4.68 Å². The summed E-state index contributed by atoms with van der Waals surface area (Å²) in [5, 5.41) is 11.1. The molecule has 0 radical (unpaired) electrons. The smallest absolute Gasteiger partial charge is 0.420 e. The topological polar surface area (TPSA) is 96.3 Å². The van der Waals surface area contributed by atoms with Crippen LogP contribution in [0.15, 0.2) is 22.9 Å². The fourth-order valence-corrected chi connectivity index (χ4v) is 4.44. The Hall–Kier alpha value is -3.12. The van der Waals surface area contributed by atoms with E-state index in [4.69, 9.17) is 13.9 Å². The number of fused-ring (bicyclic) bond motifs is 3. The van der Waals surface area contributed by atoms with Crippen molar-refractivity contribution in [2.75, 3.05) is 19.8 Å². The number of rotatable bonds is 5. The average molecular weight is 479 g/mol. The molecule has 1 aliphatic heterocycles. The van der Waals surface area contributed by atoms with Crippen LogP contribution < -0.4 is 5.32 Å². The van der Waals surface area contributed by atoms with Gasteiger partial charge >= 0.3 is 6.18 Å². The van der Waals surface area contributed by atoms with Crippen LogP contribution in [0, 0.1) is 0 Å². The summed E-state index contributed by atoms with van der Waals surface area (Å²) in [6.45, 7) is 3.59. The molecule has 1 fully saturated rings. The Bertz CT molecular complexity index is 1210. The number of ether oxygens (including phenoxy) is 2. The first kappa shape index (κ1) is 22.7. The van der Waals surface area contributed by atoms with Crippen molar-refractivity contribution in [1.82, 2.24) is 24.9 Å². The molecule has 1 aliphatic carbocycles. The molecular weight excluding hydrogens is 455 g/mol. The Balaban J connectivity index is 1.49. The SMILES string of the molecule is C[C@@H]1Cc2oc(C(=O)NCc3ccn(C)n3)c(C(F)(F)F)c2-c2nn(C[C@H]3COCCO3)cc21. The van der Waals surface area contributed by atoms with Crippen LogP contribution in [0.1, 0.15) is 46.0 Å². The number of alkyl halides is 3. The van der Waals surface area contributed by atoms with Crippen molar-refractivity contribution < 1.29 is 31.9 Å². The number of furan rings is 1. The van der Waals surface area contributed by atoms with E-state index >= 15 is 0 Å². The van der Waals surface area contributed by atoms with Gasteiger partial charge in [-0.25, -0.2) is 0 Å².